The van der Waals surface area contributed by atoms with E-state index < -0.39 is 12.0 Å². The van der Waals surface area contributed by atoms with Crippen molar-refractivity contribution in [1.82, 2.24) is 5.32 Å². The summed E-state index contributed by atoms with van der Waals surface area (Å²) in [5.41, 5.74) is 2.15. The van der Waals surface area contributed by atoms with Crippen molar-refractivity contribution in [3.63, 3.8) is 0 Å². The summed E-state index contributed by atoms with van der Waals surface area (Å²) >= 11 is 0. The van der Waals surface area contributed by atoms with Crippen LogP contribution in [0.4, 0.5) is 5.69 Å². The van der Waals surface area contributed by atoms with Crippen molar-refractivity contribution < 1.29 is 14.7 Å². The second-order valence-electron chi connectivity index (χ2n) is 5.13. The third kappa shape index (κ3) is 3.29. The smallest absolute Gasteiger partial charge is 0.326 e. The molecule has 2 atom stereocenters. The van der Waals surface area contributed by atoms with Crippen LogP contribution in [0.3, 0.4) is 0 Å². The quantitative estimate of drug-likeness (QED) is 0.764. The number of aliphatic carboxylic acids is 1. The molecular weight excluding hydrogens is 256 g/mol. The van der Waals surface area contributed by atoms with Crippen LogP contribution < -0.4 is 10.6 Å². The van der Waals surface area contributed by atoms with E-state index in [1.807, 2.05) is 31.2 Å². The van der Waals surface area contributed by atoms with Gasteiger partial charge in [-0.2, -0.15) is 0 Å². The van der Waals surface area contributed by atoms with Crippen LogP contribution in [0.15, 0.2) is 24.3 Å². The van der Waals surface area contributed by atoms with E-state index in [9.17, 15) is 9.59 Å². The van der Waals surface area contributed by atoms with E-state index >= 15 is 0 Å². The van der Waals surface area contributed by atoms with Gasteiger partial charge in [0.25, 0.3) is 0 Å². The molecule has 2 unspecified atom stereocenters. The first kappa shape index (κ1) is 14.4. The van der Waals surface area contributed by atoms with Gasteiger partial charge in [-0.15, -0.1) is 0 Å². The molecule has 1 aliphatic heterocycles. The predicted molar refractivity (Wildman–Crippen MR) is 76.6 cm³/mol. The molecule has 0 bridgehead atoms. The van der Waals surface area contributed by atoms with E-state index in [2.05, 4.69) is 10.6 Å². The Bertz CT molecular complexity index is 502. The fourth-order valence-electron chi connectivity index (χ4n) is 2.46. The summed E-state index contributed by atoms with van der Waals surface area (Å²) in [5.74, 6) is -1.37. The van der Waals surface area contributed by atoms with E-state index in [1.165, 1.54) is 0 Å². The van der Waals surface area contributed by atoms with E-state index in [0.29, 0.717) is 19.4 Å². The molecule has 5 nitrogen and oxygen atoms in total. The zero-order valence-corrected chi connectivity index (χ0v) is 11.6. The number of para-hydroxylation sites is 1. The molecule has 2 rings (SSSR count). The van der Waals surface area contributed by atoms with Crippen LogP contribution in [-0.4, -0.2) is 29.6 Å². The molecule has 0 fully saturated rings. The second kappa shape index (κ2) is 6.41. The summed E-state index contributed by atoms with van der Waals surface area (Å²) < 4.78 is 0. The number of fused-ring (bicyclic) bond motifs is 1. The molecule has 0 saturated carbocycles. The number of hydrogen-bond donors (Lipinski definition) is 3. The van der Waals surface area contributed by atoms with E-state index in [1.54, 1.807) is 0 Å². The van der Waals surface area contributed by atoms with Gasteiger partial charge in [-0.1, -0.05) is 31.5 Å². The number of amides is 1. The van der Waals surface area contributed by atoms with Crippen LogP contribution in [0.2, 0.25) is 0 Å². The Kier molecular flexibility index (Phi) is 4.61. The van der Waals surface area contributed by atoms with E-state index in [4.69, 9.17) is 5.11 Å². The third-order valence-electron chi connectivity index (χ3n) is 3.59. The van der Waals surface area contributed by atoms with Crippen molar-refractivity contribution in [2.24, 2.45) is 5.92 Å². The molecule has 3 N–H and O–H groups in total. The summed E-state index contributed by atoms with van der Waals surface area (Å²) in [6, 6.07) is 7.08. The van der Waals surface area contributed by atoms with Crippen molar-refractivity contribution in [3.8, 4) is 0 Å². The molecule has 0 radical (unpaired) electrons. The predicted octanol–water partition coefficient (Wildman–Crippen LogP) is 1.64. The minimum absolute atomic E-state index is 0.187. The van der Waals surface area contributed by atoms with Crippen molar-refractivity contribution in [2.45, 2.75) is 32.2 Å². The van der Waals surface area contributed by atoms with Gasteiger partial charge in [0, 0.05) is 12.2 Å². The molecule has 1 aromatic carbocycles. The first-order valence-corrected chi connectivity index (χ1v) is 6.96. The van der Waals surface area contributed by atoms with Gasteiger partial charge < -0.3 is 15.7 Å². The molecule has 0 aliphatic carbocycles. The standard InChI is InChI=1S/C15H20N2O3/c1-2-5-13(15(19)20)17-14(18)11-8-10-6-3-4-7-12(10)16-9-11/h3-4,6-7,11,13,16H,2,5,8-9H2,1H3,(H,17,18)(H,19,20). The lowest BCUT2D eigenvalue weighted by Gasteiger charge is -2.26. The molecule has 1 amide bonds. The summed E-state index contributed by atoms with van der Waals surface area (Å²) in [6.07, 6.45) is 1.83. The highest BCUT2D eigenvalue weighted by Gasteiger charge is 2.27. The maximum atomic E-state index is 12.2. The van der Waals surface area contributed by atoms with Gasteiger partial charge in [-0.25, -0.2) is 4.79 Å². The van der Waals surface area contributed by atoms with Crippen LogP contribution >= 0.6 is 0 Å². The number of carbonyl (C=O) groups excluding carboxylic acids is 1. The lowest BCUT2D eigenvalue weighted by Crippen LogP contribution is -2.46. The zero-order valence-electron chi connectivity index (χ0n) is 11.6. The van der Waals surface area contributed by atoms with Gasteiger partial charge in [0.2, 0.25) is 5.91 Å². The minimum Gasteiger partial charge on any atom is -0.480 e. The van der Waals surface area contributed by atoms with Crippen LogP contribution in [0.5, 0.6) is 0 Å². The second-order valence-corrected chi connectivity index (χ2v) is 5.13. The van der Waals surface area contributed by atoms with E-state index in [-0.39, 0.29) is 11.8 Å². The average Bonchev–Trinajstić information content (AvgIpc) is 2.46. The number of rotatable bonds is 5. The lowest BCUT2D eigenvalue weighted by molar-refractivity contribution is -0.142. The lowest BCUT2D eigenvalue weighted by atomic mass is 9.93. The van der Waals surface area contributed by atoms with Gasteiger partial charge >= 0.3 is 5.97 Å². The fraction of sp³-hybridized carbons (Fsp3) is 0.467. The summed E-state index contributed by atoms with van der Waals surface area (Å²) in [5, 5.41) is 14.9. The molecular formula is C15H20N2O3. The largest absolute Gasteiger partial charge is 0.480 e. The monoisotopic (exact) mass is 276 g/mol. The summed E-state index contributed by atoms with van der Waals surface area (Å²) in [6.45, 7) is 2.45. The molecule has 0 spiro atoms. The summed E-state index contributed by atoms with van der Waals surface area (Å²) in [7, 11) is 0. The minimum atomic E-state index is -0.968. The van der Waals surface area contributed by atoms with Gasteiger partial charge in [-0.3, -0.25) is 4.79 Å². The zero-order chi connectivity index (χ0) is 14.5. The highest BCUT2D eigenvalue weighted by molar-refractivity contribution is 5.86. The molecule has 0 aromatic heterocycles. The topological polar surface area (TPSA) is 78.4 Å². The number of anilines is 1. The molecule has 0 saturated heterocycles. The highest BCUT2D eigenvalue weighted by atomic mass is 16.4. The molecule has 1 aliphatic rings. The molecule has 1 aromatic rings. The van der Waals surface area contributed by atoms with Crippen LogP contribution in [-0.2, 0) is 16.0 Å². The normalized spacial score (nSPS) is 18.6. The fourth-order valence-corrected chi connectivity index (χ4v) is 2.46. The van der Waals surface area contributed by atoms with Crippen LogP contribution in [0, 0.1) is 5.92 Å². The number of nitrogens with one attached hydrogen (secondary N) is 2. The number of benzene rings is 1. The Morgan fingerprint density at radius 3 is 2.90 bits per heavy atom. The van der Waals surface area contributed by atoms with Gasteiger partial charge in [0.15, 0.2) is 0 Å². The first-order chi connectivity index (χ1) is 9.61. The Hall–Kier alpha value is -2.04. The highest BCUT2D eigenvalue weighted by Crippen LogP contribution is 2.24. The van der Waals surface area contributed by atoms with Crippen molar-refractivity contribution in [1.29, 1.82) is 0 Å². The Balaban J connectivity index is 1.99. The average molecular weight is 276 g/mol. The van der Waals surface area contributed by atoms with E-state index in [0.717, 1.165) is 17.7 Å². The van der Waals surface area contributed by atoms with Crippen molar-refractivity contribution in [3.05, 3.63) is 29.8 Å². The SMILES string of the molecule is CCCC(NC(=O)C1CNc2ccccc2C1)C(=O)O. The molecule has 108 valence electrons. The summed E-state index contributed by atoms with van der Waals surface area (Å²) in [4.78, 5) is 23.3. The molecule has 5 heteroatoms. The number of carbonyl (C=O) groups is 2. The van der Waals surface area contributed by atoms with Crippen LogP contribution in [0.1, 0.15) is 25.3 Å². The number of carboxylic acid groups (broad SMARTS) is 1. The number of hydrogen-bond acceptors (Lipinski definition) is 3. The molecule has 20 heavy (non-hydrogen) atoms. The van der Waals surface area contributed by atoms with Crippen LogP contribution in [0.25, 0.3) is 0 Å². The maximum Gasteiger partial charge on any atom is 0.326 e. The Morgan fingerprint density at radius 2 is 2.20 bits per heavy atom. The maximum absolute atomic E-state index is 12.2. The Morgan fingerprint density at radius 1 is 1.45 bits per heavy atom. The van der Waals surface area contributed by atoms with Gasteiger partial charge in [-0.05, 0) is 24.5 Å². The van der Waals surface area contributed by atoms with Crippen molar-refractivity contribution in [2.75, 3.05) is 11.9 Å². The van der Waals surface area contributed by atoms with Gasteiger partial charge in [0.05, 0.1) is 5.92 Å². The van der Waals surface area contributed by atoms with Crippen molar-refractivity contribution >= 4 is 17.6 Å². The third-order valence-corrected chi connectivity index (χ3v) is 3.59. The molecule has 1 heterocycles. The first-order valence-electron chi connectivity index (χ1n) is 6.96. The number of carboxylic acids is 1. The Labute approximate surface area is 118 Å². The van der Waals surface area contributed by atoms with Gasteiger partial charge in [0.1, 0.15) is 6.04 Å².